The summed E-state index contributed by atoms with van der Waals surface area (Å²) in [5.41, 5.74) is 1.26. The summed E-state index contributed by atoms with van der Waals surface area (Å²) in [6.07, 6.45) is 6.11. The van der Waals surface area contributed by atoms with Crippen molar-refractivity contribution < 1.29 is 9.18 Å². The maximum Gasteiger partial charge on any atom is 0.260 e. The molecule has 8 heteroatoms. The highest BCUT2D eigenvalue weighted by molar-refractivity contribution is 9.10. The zero-order valence-corrected chi connectivity index (χ0v) is 17.2. The van der Waals surface area contributed by atoms with E-state index in [1.165, 1.54) is 23.5 Å². The number of hydrogen-bond acceptors (Lipinski definition) is 4. The van der Waals surface area contributed by atoms with Gasteiger partial charge in [-0.3, -0.25) is 9.69 Å². The number of benzene rings is 2. The molecule has 28 heavy (non-hydrogen) atoms. The van der Waals surface area contributed by atoms with Gasteiger partial charge in [-0.25, -0.2) is 14.4 Å². The van der Waals surface area contributed by atoms with Crippen LogP contribution in [0.1, 0.15) is 16.8 Å². The van der Waals surface area contributed by atoms with Gasteiger partial charge in [0.1, 0.15) is 5.82 Å². The molecule has 4 aromatic rings. The molecule has 0 N–H and O–H groups in total. The Morgan fingerprint density at radius 1 is 1.21 bits per heavy atom. The minimum Gasteiger partial charge on any atom is -0.337 e. The van der Waals surface area contributed by atoms with Crippen LogP contribution in [-0.4, -0.2) is 27.0 Å². The largest absolute Gasteiger partial charge is 0.337 e. The summed E-state index contributed by atoms with van der Waals surface area (Å²) in [6, 6.07) is 11.7. The fourth-order valence-corrected chi connectivity index (χ4v) is 4.14. The number of hydrogen-bond donors (Lipinski definition) is 0. The molecule has 0 bridgehead atoms. The smallest absolute Gasteiger partial charge is 0.260 e. The molecule has 0 saturated carbocycles. The number of carbonyl (C=O) groups excluding carboxylic acids is 1. The number of thiazole rings is 1. The summed E-state index contributed by atoms with van der Waals surface area (Å²) in [7, 11) is 0. The molecule has 2 aromatic heterocycles. The van der Waals surface area contributed by atoms with E-state index in [1.807, 2.05) is 22.9 Å². The molecular formula is C20H16BrFN4OS. The van der Waals surface area contributed by atoms with E-state index in [9.17, 15) is 9.18 Å². The SMILES string of the molecule is O=C(c1ccc(Br)cc1)N(CCCn1ccnc1)c1nc2ccc(F)cc2s1. The first-order valence-electron chi connectivity index (χ1n) is 8.69. The minimum absolute atomic E-state index is 0.127. The van der Waals surface area contributed by atoms with E-state index in [1.54, 1.807) is 35.6 Å². The molecule has 1 amide bonds. The second-order valence-electron chi connectivity index (χ2n) is 6.23. The number of nitrogens with zero attached hydrogens (tertiary/aromatic N) is 4. The third-order valence-electron chi connectivity index (χ3n) is 4.26. The lowest BCUT2D eigenvalue weighted by Crippen LogP contribution is -2.32. The van der Waals surface area contributed by atoms with Crippen LogP contribution in [-0.2, 0) is 6.54 Å². The molecule has 142 valence electrons. The van der Waals surface area contributed by atoms with Gasteiger partial charge in [0.05, 0.1) is 16.5 Å². The Morgan fingerprint density at radius 2 is 2.04 bits per heavy atom. The Bertz CT molecular complexity index is 1100. The number of imidazole rings is 1. The van der Waals surface area contributed by atoms with Crippen molar-refractivity contribution in [2.45, 2.75) is 13.0 Å². The van der Waals surface area contributed by atoms with Gasteiger partial charge >= 0.3 is 0 Å². The van der Waals surface area contributed by atoms with E-state index in [2.05, 4.69) is 25.9 Å². The standard InChI is InChI=1S/C20H16BrFN4OS/c21-15-4-2-14(3-5-15)19(27)26(10-1-9-25-11-8-23-13-25)20-24-17-7-6-16(22)12-18(17)28-20/h2-8,11-13H,1,9-10H2. The monoisotopic (exact) mass is 458 g/mol. The van der Waals surface area contributed by atoms with Crippen molar-refractivity contribution in [1.82, 2.24) is 14.5 Å². The molecule has 2 heterocycles. The van der Waals surface area contributed by atoms with Gasteiger partial charge in [-0.1, -0.05) is 27.3 Å². The van der Waals surface area contributed by atoms with E-state index in [0.717, 1.165) is 22.1 Å². The molecule has 0 atom stereocenters. The van der Waals surface area contributed by atoms with Crippen LogP contribution in [0.2, 0.25) is 0 Å². The molecular weight excluding hydrogens is 443 g/mol. The Hall–Kier alpha value is -2.58. The van der Waals surface area contributed by atoms with E-state index >= 15 is 0 Å². The average molecular weight is 459 g/mol. The second kappa shape index (κ2) is 8.20. The van der Waals surface area contributed by atoms with Crippen LogP contribution in [0.3, 0.4) is 0 Å². The summed E-state index contributed by atoms with van der Waals surface area (Å²) in [5.74, 6) is -0.439. The molecule has 0 saturated heterocycles. The molecule has 0 aliphatic carbocycles. The average Bonchev–Trinajstić information content (AvgIpc) is 3.34. The maximum absolute atomic E-state index is 13.6. The van der Waals surface area contributed by atoms with E-state index in [0.29, 0.717) is 22.8 Å². The number of aromatic nitrogens is 3. The predicted octanol–water partition coefficient (Wildman–Crippen LogP) is 5.13. The number of amides is 1. The second-order valence-corrected chi connectivity index (χ2v) is 8.15. The van der Waals surface area contributed by atoms with E-state index in [4.69, 9.17) is 0 Å². The van der Waals surface area contributed by atoms with Gasteiger partial charge in [0.2, 0.25) is 0 Å². The fraction of sp³-hybridized carbons (Fsp3) is 0.150. The van der Waals surface area contributed by atoms with Crippen LogP contribution >= 0.6 is 27.3 Å². The molecule has 5 nitrogen and oxygen atoms in total. The highest BCUT2D eigenvalue weighted by Crippen LogP contribution is 2.30. The Balaban J connectivity index is 1.62. The topological polar surface area (TPSA) is 51.0 Å². The molecule has 0 radical (unpaired) electrons. The maximum atomic E-state index is 13.6. The Kier molecular flexibility index (Phi) is 5.50. The van der Waals surface area contributed by atoms with Crippen LogP contribution in [0.15, 0.2) is 65.7 Å². The Labute approximate surface area is 173 Å². The number of carbonyl (C=O) groups is 1. The molecule has 0 unspecified atom stereocenters. The summed E-state index contributed by atoms with van der Waals surface area (Å²) < 4.78 is 17.2. The first-order chi connectivity index (χ1) is 13.6. The van der Waals surface area contributed by atoms with Gasteiger partial charge in [-0.05, 0) is 48.9 Å². The highest BCUT2D eigenvalue weighted by atomic mass is 79.9. The number of halogens is 2. The Morgan fingerprint density at radius 3 is 2.79 bits per heavy atom. The van der Waals surface area contributed by atoms with Crippen molar-refractivity contribution in [3.63, 3.8) is 0 Å². The minimum atomic E-state index is -0.311. The van der Waals surface area contributed by atoms with Crippen molar-refractivity contribution in [3.8, 4) is 0 Å². The molecule has 4 rings (SSSR count). The number of anilines is 1. The lowest BCUT2D eigenvalue weighted by atomic mass is 10.2. The molecule has 0 aliphatic rings. The molecule has 2 aromatic carbocycles. The number of rotatable bonds is 6. The first-order valence-corrected chi connectivity index (χ1v) is 10.3. The summed E-state index contributed by atoms with van der Waals surface area (Å²) in [5, 5.41) is 0.569. The van der Waals surface area contributed by atoms with Gasteiger partial charge in [0, 0.05) is 35.5 Å². The molecule has 0 aliphatic heterocycles. The van der Waals surface area contributed by atoms with Gasteiger partial charge in [-0.2, -0.15) is 0 Å². The van der Waals surface area contributed by atoms with Crippen molar-refractivity contribution in [3.05, 3.63) is 77.0 Å². The summed E-state index contributed by atoms with van der Waals surface area (Å²) in [6.45, 7) is 1.24. The van der Waals surface area contributed by atoms with E-state index in [-0.39, 0.29) is 11.7 Å². The normalized spacial score (nSPS) is 11.1. The first kappa shape index (κ1) is 18.8. The van der Waals surface area contributed by atoms with Crippen LogP contribution in [0.25, 0.3) is 10.2 Å². The van der Waals surface area contributed by atoms with Crippen molar-refractivity contribution >= 4 is 48.5 Å². The van der Waals surface area contributed by atoms with Gasteiger partial charge in [0.15, 0.2) is 5.13 Å². The summed E-state index contributed by atoms with van der Waals surface area (Å²) >= 11 is 4.71. The van der Waals surface area contributed by atoms with Gasteiger partial charge in [-0.15, -0.1) is 0 Å². The zero-order chi connectivity index (χ0) is 19.5. The number of aryl methyl sites for hydroxylation is 1. The van der Waals surface area contributed by atoms with Crippen LogP contribution < -0.4 is 4.90 Å². The van der Waals surface area contributed by atoms with Crippen molar-refractivity contribution in [1.29, 1.82) is 0 Å². The zero-order valence-electron chi connectivity index (χ0n) is 14.8. The van der Waals surface area contributed by atoms with E-state index < -0.39 is 0 Å². The van der Waals surface area contributed by atoms with Crippen LogP contribution in [0.4, 0.5) is 9.52 Å². The quantitative estimate of drug-likeness (QED) is 0.402. The number of fused-ring (bicyclic) bond motifs is 1. The van der Waals surface area contributed by atoms with Gasteiger partial charge < -0.3 is 4.57 Å². The van der Waals surface area contributed by atoms with Crippen molar-refractivity contribution in [2.24, 2.45) is 0 Å². The van der Waals surface area contributed by atoms with Crippen LogP contribution in [0.5, 0.6) is 0 Å². The van der Waals surface area contributed by atoms with Gasteiger partial charge in [0.25, 0.3) is 5.91 Å². The molecule has 0 spiro atoms. The third kappa shape index (κ3) is 4.13. The third-order valence-corrected chi connectivity index (χ3v) is 5.83. The highest BCUT2D eigenvalue weighted by Gasteiger charge is 2.21. The molecule has 0 fully saturated rings. The summed E-state index contributed by atoms with van der Waals surface area (Å²) in [4.78, 5) is 23.4. The van der Waals surface area contributed by atoms with Crippen molar-refractivity contribution in [2.75, 3.05) is 11.4 Å². The lowest BCUT2D eigenvalue weighted by molar-refractivity contribution is 0.0986. The van der Waals surface area contributed by atoms with Crippen LogP contribution in [0, 0.1) is 5.82 Å². The fourth-order valence-electron chi connectivity index (χ4n) is 2.86. The lowest BCUT2D eigenvalue weighted by Gasteiger charge is -2.20. The predicted molar refractivity (Wildman–Crippen MR) is 112 cm³/mol.